The summed E-state index contributed by atoms with van der Waals surface area (Å²) in [5, 5.41) is 4.77. The molecule has 140 valence electrons. The number of thiophene rings is 2. The number of anilines is 1. The van der Waals surface area contributed by atoms with Crippen molar-refractivity contribution in [2.75, 3.05) is 11.9 Å². The van der Waals surface area contributed by atoms with Crippen LogP contribution in [0.3, 0.4) is 0 Å². The van der Waals surface area contributed by atoms with Gasteiger partial charge in [-0.25, -0.2) is 9.59 Å². The third-order valence-corrected chi connectivity index (χ3v) is 6.05. The van der Waals surface area contributed by atoms with Crippen LogP contribution in [0.15, 0.2) is 15.9 Å². The van der Waals surface area contributed by atoms with Crippen molar-refractivity contribution in [3.05, 3.63) is 36.8 Å². The topological polar surface area (TPSA) is 81.7 Å². The molecule has 6 nitrogen and oxygen atoms in total. The SMILES string of the molecule is CCOC(=O)c1sc(NC(=O)c2cc(Br)cs2)c(C(=O)OC(C)C)c1C. The third kappa shape index (κ3) is 4.72. The first kappa shape index (κ1) is 20.6. The first-order valence-electron chi connectivity index (χ1n) is 7.81. The maximum absolute atomic E-state index is 12.5. The molecule has 0 bridgehead atoms. The molecule has 2 rings (SSSR count). The number of nitrogens with one attached hydrogen (secondary N) is 1. The second-order valence-electron chi connectivity index (χ2n) is 5.52. The molecule has 1 amide bonds. The van der Waals surface area contributed by atoms with Gasteiger partial charge in [0.25, 0.3) is 5.91 Å². The smallest absolute Gasteiger partial charge is 0.348 e. The van der Waals surface area contributed by atoms with Gasteiger partial charge in [0.2, 0.25) is 0 Å². The highest BCUT2D eigenvalue weighted by Gasteiger charge is 2.28. The zero-order valence-electron chi connectivity index (χ0n) is 14.7. The molecule has 0 unspecified atom stereocenters. The lowest BCUT2D eigenvalue weighted by Crippen LogP contribution is -2.16. The Balaban J connectivity index is 2.41. The number of ether oxygens (including phenoxy) is 2. The van der Waals surface area contributed by atoms with Crippen LogP contribution in [-0.4, -0.2) is 30.6 Å². The van der Waals surface area contributed by atoms with Crippen LogP contribution in [-0.2, 0) is 9.47 Å². The van der Waals surface area contributed by atoms with Crippen molar-refractivity contribution in [3.63, 3.8) is 0 Å². The highest BCUT2D eigenvalue weighted by molar-refractivity contribution is 9.10. The van der Waals surface area contributed by atoms with Crippen LogP contribution in [0, 0.1) is 6.92 Å². The first-order valence-corrected chi connectivity index (χ1v) is 10.3. The van der Waals surface area contributed by atoms with E-state index in [1.54, 1.807) is 39.1 Å². The molecule has 0 radical (unpaired) electrons. The third-order valence-electron chi connectivity index (χ3n) is 3.17. The van der Waals surface area contributed by atoms with Gasteiger partial charge >= 0.3 is 11.9 Å². The molecule has 0 aromatic carbocycles. The molecule has 0 saturated heterocycles. The van der Waals surface area contributed by atoms with E-state index < -0.39 is 11.9 Å². The fraction of sp³-hybridized carbons (Fsp3) is 0.353. The van der Waals surface area contributed by atoms with Crippen LogP contribution in [0.5, 0.6) is 0 Å². The maximum Gasteiger partial charge on any atom is 0.348 e. The van der Waals surface area contributed by atoms with E-state index in [0.717, 1.165) is 15.8 Å². The van der Waals surface area contributed by atoms with Gasteiger partial charge in [0.15, 0.2) is 0 Å². The van der Waals surface area contributed by atoms with E-state index in [0.29, 0.717) is 10.4 Å². The van der Waals surface area contributed by atoms with Crippen molar-refractivity contribution >= 4 is 61.5 Å². The predicted molar refractivity (Wildman–Crippen MR) is 106 cm³/mol. The summed E-state index contributed by atoms with van der Waals surface area (Å²) in [6.07, 6.45) is -0.329. The second-order valence-corrected chi connectivity index (χ2v) is 8.37. The summed E-state index contributed by atoms with van der Waals surface area (Å²) in [6, 6.07) is 1.68. The van der Waals surface area contributed by atoms with Gasteiger partial charge in [-0.1, -0.05) is 0 Å². The van der Waals surface area contributed by atoms with E-state index in [1.165, 1.54) is 11.3 Å². The van der Waals surface area contributed by atoms with Gasteiger partial charge in [0, 0.05) is 9.85 Å². The van der Waals surface area contributed by atoms with Crippen LogP contribution in [0.4, 0.5) is 5.00 Å². The highest BCUT2D eigenvalue weighted by atomic mass is 79.9. The minimum Gasteiger partial charge on any atom is -0.462 e. The molecule has 0 saturated carbocycles. The van der Waals surface area contributed by atoms with Gasteiger partial charge < -0.3 is 14.8 Å². The zero-order chi connectivity index (χ0) is 19.4. The lowest BCUT2D eigenvalue weighted by atomic mass is 10.1. The summed E-state index contributed by atoms with van der Waals surface area (Å²) in [7, 11) is 0. The molecular formula is C17H18BrNO5S2. The molecule has 0 aliphatic carbocycles. The Morgan fingerprint density at radius 3 is 2.50 bits per heavy atom. The molecule has 0 atom stereocenters. The summed E-state index contributed by atoms with van der Waals surface area (Å²) in [4.78, 5) is 37.8. The Bertz CT molecular complexity index is 840. The quantitative estimate of drug-likeness (QED) is 0.622. The van der Waals surface area contributed by atoms with Crippen LogP contribution >= 0.6 is 38.6 Å². The average molecular weight is 460 g/mol. The van der Waals surface area contributed by atoms with E-state index in [9.17, 15) is 14.4 Å². The normalized spacial score (nSPS) is 10.7. The van der Waals surface area contributed by atoms with Crippen LogP contribution in [0.25, 0.3) is 0 Å². The largest absolute Gasteiger partial charge is 0.462 e. The monoisotopic (exact) mass is 459 g/mol. The molecule has 26 heavy (non-hydrogen) atoms. The number of carbonyl (C=O) groups is 3. The van der Waals surface area contributed by atoms with Gasteiger partial charge in [-0.15, -0.1) is 22.7 Å². The van der Waals surface area contributed by atoms with Gasteiger partial charge in [-0.2, -0.15) is 0 Å². The Kier molecular flexibility index (Phi) is 6.96. The van der Waals surface area contributed by atoms with Crippen molar-refractivity contribution in [1.82, 2.24) is 0 Å². The molecule has 0 aliphatic heterocycles. The zero-order valence-corrected chi connectivity index (χ0v) is 17.9. The lowest BCUT2D eigenvalue weighted by molar-refractivity contribution is 0.0379. The van der Waals surface area contributed by atoms with Crippen molar-refractivity contribution in [2.45, 2.75) is 33.8 Å². The van der Waals surface area contributed by atoms with Crippen molar-refractivity contribution in [3.8, 4) is 0 Å². The van der Waals surface area contributed by atoms with E-state index in [4.69, 9.17) is 9.47 Å². The fourth-order valence-corrected chi connectivity index (χ4v) is 4.51. The number of amides is 1. The summed E-state index contributed by atoms with van der Waals surface area (Å²) in [5.74, 6) is -1.49. The number of carbonyl (C=O) groups excluding carboxylic acids is 3. The minimum absolute atomic E-state index is 0.177. The van der Waals surface area contributed by atoms with Crippen LogP contribution < -0.4 is 5.32 Å². The molecule has 0 spiro atoms. The summed E-state index contributed by atoms with van der Waals surface area (Å²) < 4.78 is 11.1. The van der Waals surface area contributed by atoms with Gasteiger partial charge in [-0.05, 0) is 55.3 Å². The predicted octanol–water partition coefficient (Wildman–Crippen LogP) is 4.87. The number of halogens is 1. The van der Waals surface area contributed by atoms with E-state index in [1.807, 2.05) is 0 Å². The van der Waals surface area contributed by atoms with Crippen molar-refractivity contribution in [1.29, 1.82) is 0 Å². The summed E-state index contributed by atoms with van der Waals surface area (Å²) >= 11 is 5.57. The molecule has 2 aromatic rings. The highest BCUT2D eigenvalue weighted by Crippen LogP contribution is 2.35. The standard InChI is InChI=1S/C17H18BrNO5S2/c1-5-23-17(22)13-9(4)12(16(21)24-8(2)3)15(26-13)19-14(20)11-6-10(18)7-25-11/h6-8H,5H2,1-4H3,(H,19,20). The first-order chi connectivity index (χ1) is 12.2. The van der Waals surface area contributed by atoms with E-state index in [-0.39, 0.29) is 34.1 Å². The van der Waals surface area contributed by atoms with E-state index >= 15 is 0 Å². The van der Waals surface area contributed by atoms with Crippen LogP contribution in [0.1, 0.15) is 56.0 Å². The summed E-state index contributed by atoms with van der Waals surface area (Å²) in [5.41, 5.74) is 0.609. The number of rotatable bonds is 6. The Morgan fingerprint density at radius 1 is 1.27 bits per heavy atom. The summed E-state index contributed by atoms with van der Waals surface area (Å²) in [6.45, 7) is 7.01. The van der Waals surface area contributed by atoms with Crippen LogP contribution in [0.2, 0.25) is 0 Å². The number of hydrogen-bond donors (Lipinski definition) is 1. The Labute approximate surface area is 167 Å². The molecule has 0 aliphatic rings. The second kappa shape index (κ2) is 8.79. The molecular weight excluding hydrogens is 442 g/mol. The van der Waals surface area contributed by atoms with Crippen molar-refractivity contribution < 1.29 is 23.9 Å². The van der Waals surface area contributed by atoms with E-state index in [2.05, 4.69) is 21.2 Å². The molecule has 0 fully saturated rings. The molecule has 1 N–H and O–H groups in total. The average Bonchev–Trinajstić information content (AvgIpc) is 3.10. The Hall–Kier alpha value is -1.71. The lowest BCUT2D eigenvalue weighted by Gasteiger charge is -2.10. The maximum atomic E-state index is 12.5. The van der Waals surface area contributed by atoms with Gasteiger partial charge in [0.1, 0.15) is 9.88 Å². The molecule has 2 aromatic heterocycles. The fourth-order valence-electron chi connectivity index (χ4n) is 2.11. The molecule has 2 heterocycles. The van der Waals surface area contributed by atoms with Gasteiger partial charge in [-0.3, -0.25) is 4.79 Å². The van der Waals surface area contributed by atoms with Crippen molar-refractivity contribution in [2.24, 2.45) is 0 Å². The Morgan fingerprint density at radius 2 is 1.96 bits per heavy atom. The number of esters is 2. The number of hydrogen-bond acceptors (Lipinski definition) is 7. The molecule has 9 heteroatoms. The minimum atomic E-state index is -0.591. The van der Waals surface area contributed by atoms with Gasteiger partial charge in [0.05, 0.1) is 23.2 Å².